The monoisotopic (exact) mass is 348 g/mol. The zero-order valence-corrected chi connectivity index (χ0v) is 14.5. The Kier molecular flexibility index (Phi) is 5.24. The Balaban J connectivity index is 1.47. The van der Waals surface area contributed by atoms with Crippen LogP contribution in [-0.4, -0.2) is 46.7 Å². The lowest BCUT2D eigenvalue weighted by Crippen LogP contribution is -2.35. The minimum atomic E-state index is -0.0144. The summed E-state index contributed by atoms with van der Waals surface area (Å²) in [7, 11) is 3.49. The Bertz CT molecular complexity index is 719. The fourth-order valence-corrected chi connectivity index (χ4v) is 3.31. The van der Waals surface area contributed by atoms with Gasteiger partial charge < -0.3 is 19.4 Å². The number of para-hydroxylation sites is 1. The summed E-state index contributed by atoms with van der Waals surface area (Å²) < 4.78 is 12.9. The van der Waals surface area contributed by atoms with E-state index in [-0.39, 0.29) is 11.8 Å². The molecule has 1 amide bonds. The highest BCUT2D eigenvalue weighted by molar-refractivity contribution is 7.99. The van der Waals surface area contributed by atoms with Crippen LogP contribution in [0.5, 0.6) is 11.5 Å². The Morgan fingerprint density at radius 3 is 3.17 bits per heavy atom. The van der Waals surface area contributed by atoms with Gasteiger partial charge >= 0.3 is 0 Å². The number of aromatic nitrogens is 3. The molecule has 0 unspecified atom stereocenters. The van der Waals surface area contributed by atoms with Crippen LogP contribution in [0, 0.1) is 5.92 Å². The van der Waals surface area contributed by atoms with Crippen molar-refractivity contribution in [1.82, 2.24) is 20.1 Å². The molecule has 24 heavy (non-hydrogen) atoms. The van der Waals surface area contributed by atoms with E-state index in [1.807, 2.05) is 25.2 Å². The number of hydrogen-bond acceptors (Lipinski definition) is 6. The van der Waals surface area contributed by atoms with Gasteiger partial charge in [-0.15, -0.1) is 10.2 Å². The summed E-state index contributed by atoms with van der Waals surface area (Å²) in [6.45, 7) is 1.17. The molecule has 1 atom stereocenters. The standard InChI is InChI=1S/C16H20N4O3S/c1-20-10-18-19-16(20)24-9-14(21)17-7-11-6-12-4-3-5-13(22-2)15(12)23-8-11/h3-5,10-11H,6-9H2,1-2H3,(H,17,21)/t11-/m1/s1. The van der Waals surface area contributed by atoms with Crippen LogP contribution < -0.4 is 14.8 Å². The van der Waals surface area contributed by atoms with Gasteiger partial charge in [0.1, 0.15) is 6.33 Å². The van der Waals surface area contributed by atoms with Gasteiger partial charge in [-0.1, -0.05) is 23.9 Å². The van der Waals surface area contributed by atoms with E-state index in [0.29, 0.717) is 18.9 Å². The van der Waals surface area contributed by atoms with Gasteiger partial charge in [0.25, 0.3) is 0 Å². The molecule has 0 radical (unpaired) electrons. The molecule has 2 aromatic rings. The second-order valence-electron chi connectivity index (χ2n) is 5.65. The molecule has 0 aliphatic carbocycles. The number of amides is 1. The maximum absolute atomic E-state index is 12.0. The van der Waals surface area contributed by atoms with Crippen molar-refractivity contribution in [1.29, 1.82) is 0 Å². The quantitative estimate of drug-likeness (QED) is 0.793. The number of benzene rings is 1. The maximum atomic E-state index is 12.0. The summed E-state index contributed by atoms with van der Waals surface area (Å²) in [6.07, 6.45) is 2.48. The van der Waals surface area contributed by atoms with E-state index in [1.54, 1.807) is 18.0 Å². The van der Waals surface area contributed by atoms with Crippen molar-refractivity contribution in [3.05, 3.63) is 30.1 Å². The lowest BCUT2D eigenvalue weighted by Gasteiger charge is -2.26. The second kappa shape index (κ2) is 7.57. The van der Waals surface area contributed by atoms with Crippen LogP contribution >= 0.6 is 11.8 Å². The van der Waals surface area contributed by atoms with Crippen molar-refractivity contribution in [3.63, 3.8) is 0 Å². The normalized spacial score (nSPS) is 16.2. The van der Waals surface area contributed by atoms with Gasteiger partial charge in [0.05, 0.1) is 19.5 Å². The molecule has 0 bridgehead atoms. The molecule has 1 N–H and O–H groups in total. The first kappa shape index (κ1) is 16.6. The van der Waals surface area contributed by atoms with Crippen LogP contribution in [-0.2, 0) is 18.3 Å². The van der Waals surface area contributed by atoms with Gasteiger partial charge in [0.2, 0.25) is 5.91 Å². The van der Waals surface area contributed by atoms with E-state index >= 15 is 0 Å². The molecule has 1 aromatic heterocycles. The van der Waals surface area contributed by atoms with Crippen molar-refractivity contribution in [2.75, 3.05) is 26.0 Å². The highest BCUT2D eigenvalue weighted by atomic mass is 32.2. The number of rotatable bonds is 6. The molecule has 0 saturated heterocycles. The summed E-state index contributed by atoms with van der Waals surface area (Å²) in [5, 5.41) is 11.4. The highest BCUT2D eigenvalue weighted by Gasteiger charge is 2.23. The first-order valence-corrected chi connectivity index (χ1v) is 8.68. The Morgan fingerprint density at radius 2 is 2.42 bits per heavy atom. The number of nitrogens with one attached hydrogen (secondary N) is 1. The first-order valence-electron chi connectivity index (χ1n) is 7.69. The molecule has 0 spiro atoms. The molecule has 0 saturated carbocycles. The zero-order chi connectivity index (χ0) is 16.9. The average Bonchev–Trinajstić information content (AvgIpc) is 3.02. The summed E-state index contributed by atoms with van der Waals surface area (Å²) in [5.74, 6) is 2.15. The fourth-order valence-electron chi connectivity index (χ4n) is 2.59. The van der Waals surface area contributed by atoms with Crippen LogP contribution in [0.2, 0.25) is 0 Å². The molecule has 2 heterocycles. The number of thioether (sulfide) groups is 1. The maximum Gasteiger partial charge on any atom is 0.230 e. The largest absolute Gasteiger partial charge is 0.493 e. The number of methoxy groups -OCH3 is 1. The number of hydrogen-bond donors (Lipinski definition) is 1. The van der Waals surface area contributed by atoms with Crippen molar-refractivity contribution in [2.24, 2.45) is 13.0 Å². The number of carbonyl (C=O) groups excluding carboxylic acids is 1. The third-order valence-corrected chi connectivity index (χ3v) is 4.88. The number of carbonyl (C=O) groups is 1. The summed E-state index contributed by atoms with van der Waals surface area (Å²) in [4.78, 5) is 12.0. The molecule has 3 rings (SSSR count). The van der Waals surface area contributed by atoms with Gasteiger partial charge in [0.15, 0.2) is 16.7 Å². The zero-order valence-electron chi connectivity index (χ0n) is 13.7. The number of ether oxygens (including phenoxy) is 2. The van der Waals surface area contributed by atoms with E-state index in [0.717, 1.165) is 28.6 Å². The van der Waals surface area contributed by atoms with Crippen LogP contribution in [0.3, 0.4) is 0 Å². The average molecular weight is 348 g/mol. The number of aryl methyl sites for hydroxylation is 1. The summed E-state index contributed by atoms with van der Waals surface area (Å²) in [5.41, 5.74) is 1.12. The number of fused-ring (bicyclic) bond motifs is 1. The van der Waals surface area contributed by atoms with Crippen molar-refractivity contribution in [3.8, 4) is 11.5 Å². The Hall–Kier alpha value is -2.22. The molecule has 7 nitrogen and oxygen atoms in total. The minimum absolute atomic E-state index is 0.0144. The minimum Gasteiger partial charge on any atom is -0.493 e. The molecule has 1 aromatic carbocycles. The number of nitrogens with zero attached hydrogens (tertiary/aromatic N) is 3. The lowest BCUT2D eigenvalue weighted by atomic mass is 9.96. The third-order valence-electron chi connectivity index (χ3n) is 3.84. The Labute approximate surface area is 144 Å². The SMILES string of the molecule is COc1cccc2c1OC[C@@H](CNC(=O)CSc1nncn1C)C2. The molecular formula is C16H20N4O3S. The summed E-state index contributed by atoms with van der Waals surface area (Å²) in [6, 6.07) is 5.89. The molecule has 8 heteroatoms. The van der Waals surface area contributed by atoms with Crippen LogP contribution in [0.1, 0.15) is 5.56 Å². The van der Waals surface area contributed by atoms with E-state index < -0.39 is 0 Å². The van der Waals surface area contributed by atoms with Gasteiger partial charge in [-0.25, -0.2) is 0 Å². The molecule has 1 aliphatic rings. The molecule has 128 valence electrons. The van der Waals surface area contributed by atoms with Gasteiger partial charge in [-0.2, -0.15) is 0 Å². The van der Waals surface area contributed by atoms with E-state index in [9.17, 15) is 4.79 Å². The third kappa shape index (κ3) is 3.81. The van der Waals surface area contributed by atoms with Crippen molar-refractivity contribution >= 4 is 17.7 Å². The predicted octanol–water partition coefficient (Wildman–Crippen LogP) is 1.28. The smallest absolute Gasteiger partial charge is 0.230 e. The van der Waals surface area contributed by atoms with Gasteiger partial charge in [-0.05, 0) is 18.1 Å². The van der Waals surface area contributed by atoms with Crippen molar-refractivity contribution in [2.45, 2.75) is 11.6 Å². The van der Waals surface area contributed by atoms with Crippen molar-refractivity contribution < 1.29 is 14.3 Å². The molecular weight excluding hydrogens is 328 g/mol. The van der Waals surface area contributed by atoms with Crippen LogP contribution in [0.4, 0.5) is 0 Å². The molecule has 1 aliphatic heterocycles. The van der Waals surface area contributed by atoms with Crippen LogP contribution in [0.25, 0.3) is 0 Å². The van der Waals surface area contributed by atoms with Crippen LogP contribution in [0.15, 0.2) is 29.7 Å². The van der Waals surface area contributed by atoms with Gasteiger partial charge in [-0.3, -0.25) is 4.79 Å². The summed E-state index contributed by atoms with van der Waals surface area (Å²) >= 11 is 1.37. The predicted molar refractivity (Wildman–Crippen MR) is 90.4 cm³/mol. The van der Waals surface area contributed by atoms with E-state index in [1.165, 1.54) is 11.8 Å². The van der Waals surface area contributed by atoms with Gasteiger partial charge in [0, 0.05) is 19.5 Å². The molecule has 0 fully saturated rings. The fraction of sp³-hybridized carbons (Fsp3) is 0.438. The second-order valence-corrected chi connectivity index (χ2v) is 6.59. The Morgan fingerprint density at radius 1 is 1.54 bits per heavy atom. The highest BCUT2D eigenvalue weighted by Crippen LogP contribution is 2.35. The van der Waals surface area contributed by atoms with E-state index in [4.69, 9.17) is 9.47 Å². The van der Waals surface area contributed by atoms with E-state index in [2.05, 4.69) is 15.5 Å². The first-order chi connectivity index (χ1) is 11.7. The lowest BCUT2D eigenvalue weighted by molar-refractivity contribution is -0.118. The topological polar surface area (TPSA) is 78.3 Å².